The van der Waals surface area contributed by atoms with E-state index in [1.807, 2.05) is 25.1 Å². The molecule has 7 heteroatoms. The second kappa shape index (κ2) is 7.51. The van der Waals surface area contributed by atoms with Crippen LogP contribution in [0.2, 0.25) is 0 Å². The van der Waals surface area contributed by atoms with Gasteiger partial charge in [-0.3, -0.25) is 9.59 Å². The van der Waals surface area contributed by atoms with Gasteiger partial charge in [0.2, 0.25) is 11.6 Å². The maximum Gasteiger partial charge on any atom is 0.268 e. The normalized spacial score (nSPS) is 13.7. The van der Waals surface area contributed by atoms with Crippen LogP contribution in [0.3, 0.4) is 0 Å². The Balaban J connectivity index is 1.87. The Bertz CT molecular complexity index is 1270. The lowest BCUT2D eigenvalue weighted by Gasteiger charge is -2.13. The summed E-state index contributed by atoms with van der Waals surface area (Å²) in [5.74, 6) is -1.37. The molecule has 0 radical (unpaired) electrons. The van der Waals surface area contributed by atoms with Crippen molar-refractivity contribution in [2.24, 2.45) is 0 Å². The van der Waals surface area contributed by atoms with Gasteiger partial charge in [0.25, 0.3) is 10.0 Å². The second-order valence-electron chi connectivity index (χ2n) is 7.38. The molecule has 0 bridgehead atoms. The molecule has 0 amide bonds. The average molecular weight is 420 g/mol. The SMILES string of the molecule is CN(C)Cc1ccc(S(=O)(=O)n2cc(-c3ccccc3)c3c2C=CC(=O)C3=O)cc1. The van der Waals surface area contributed by atoms with Crippen molar-refractivity contribution in [1.82, 2.24) is 8.87 Å². The molecule has 0 spiro atoms. The van der Waals surface area contributed by atoms with E-state index in [4.69, 9.17) is 0 Å². The van der Waals surface area contributed by atoms with Crippen LogP contribution in [0.15, 0.2) is 71.8 Å². The topological polar surface area (TPSA) is 76.5 Å². The molecular weight excluding hydrogens is 400 g/mol. The first-order valence-corrected chi connectivity index (χ1v) is 10.8. The van der Waals surface area contributed by atoms with Crippen LogP contribution in [-0.4, -0.2) is 43.0 Å². The summed E-state index contributed by atoms with van der Waals surface area (Å²) < 4.78 is 27.9. The molecule has 1 aliphatic carbocycles. The molecule has 2 aromatic carbocycles. The number of rotatable bonds is 5. The Morgan fingerprint density at radius 1 is 0.900 bits per heavy atom. The van der Waals surface area contributed by atoms with E-state index in [2.05, 4.69) is 0 Å². The Labute approximate surface area is 175 Å². The Morgan fingerprint density at radius 2 is 1.57 bits per heavy atom. The maximum atomic E-state index is 13.4. The molecule has 0 saturated heterocycles. The lowest BCUT2D eigenvalue weighted by atomic mass is 9.94. The molecule has 3 aromatic rings. The van der Waals surface area contributed by atoms with Crippen LogP contribution in [0.25, 0.3) is 17.2 Å². The van der Waals surface area contributed by atoms with Crippen LogP contribution < -0.4 is 0 Å². The minimum atomic E-state index is -3.97. The zero-order valence-electron chi connectivity index (χ0n) is 16.6. The van der Waals surface area contributed by atoms with E-state index in [1.165, 1.54) is 12.3 Å². The molecule has 0 fully saturated rings. The van der Waals surface area contributed by atoms with Gasteiger partial charge in [-0.25, -0.2) is 12.4 Å². The number of carbonyl (C=O) groups excluding carboxylic acids is 2. The van der Waals surface area contributed by atoms with Crippen molar-refractivity contribution in [3.8, 4) is 11.1 Å². The maximum absolute atomic E-state index is 13.4. The van der Waals surface area contributed by atoms with Crippen LogP contribution in [-0.2, 0) is 21.4 Å². The average Bonchev–Trinajstić information content (AvgIpc) is 3.12. The van der Waals surface area contributed by atoms with Gasteiger partial charge in [-0.15, -0.1) is 0 Å². The van der Waals surface area contributed by atoms with Gasteiger partial charge in [0, 0.05) is 18.3 Å². The lowest BCUT2D eigenvalue weighted by Crippen LogP contribution is -2.20. The fourth-order valence-electron chi connectivity index (χ4n) is 3.53. The van der Waals surface area contributed by atoms with Gasteiger partial charge in [-0.1, -0.05) is 42.5 Å². The van der Waals surface area contributed by atoms with Crippen LogP contribution in [0.4, 0.5) is 0 Å². The highest BCUT2D eigenvalue weighted by Crippen LogP contribution is 2.34. The third-order valence-corrected chi connectivity index (χ3v) is 6.60. The molecule has 0 N–H and O–H groups in total. The number of hydrogen-bond acceptors (Lipinski definition) is 5. The zero-order chi connectivity index (χ0) is 21.5. The third-order valence-electron chi connectivity index (χ3n) is 4.92. The van der Waals surface area contributed by atoms with E-state index < -0.39 is 21.6 Å². The summed E-state index contributed by atoms with van der Waals surface area (Å²) in [6.07, 6.45) is 3.93. The number of allylic oxidation sites excluding steroid dienone is 1. The van der Waals surface area contributed by atoms with E-state index in [9.17, 15) is 18.0 Å². The second-order valence-corrected chi connectivity index (χ2v) is 9.19. The molecule has 1 aromatic heterocycles. The highest BCUT2D eigenvalue weighted by Gasteiger charge is 2.32. The van der Waals surface area contributed by atoms with Crippen molar-refractivity contribution < 1.29 is 18.0 Å². The first-order valence-electron chi connectivity index (χ1n) is 9.36. The quantitative estimate of drug-likeness (QED) is 0.593. The Kier molecular flexibility index (Phi) is 5.01. The number of benzene rings is 2. The van der Waals surface area contributed by atoms with E-state index >= 15 is 0 Å². The fraction of sp³-hybridized carbons (Fsp3) is 0.130. The molecule has 0 aliphatic heterocycles. The predicted molar refractivity (Wildman–Crippen MR) is 115 cm³/mol. The van der Waals surface area contributed by atoms with Crippen LogP contribution in [0, 0.1) is 0 Å². The third kappa shape index (κ3) is 3.42. The van der Waals surface area contributed by atoms with Gasteiger partial charge in [0.1, 0.15) is 0 Å². The number of ketones is 2. The van der Waals surface area contributed by atoms with E-state index in [1.54, 1.807) is 48.5 Å². The minimum Gasteiger partial charge on any atom is -0.305 e. The standard InChI is InChI=1S/C23H20N2O4S/c1-24(2)14-16-8-10-18(11-9-16)30(28,29)25-15-19(17-6-4-3-5-7-17)22-20(25)12-13-21(26)23(22)27/h3-13,15H,14H2,1-2H3. The number of hydrogen-bond donors (Lipinski definition) is 0. The summed E-state index contributed by atoms with van der Waals surface area (Å²) in [5.41, 5.74) is 2.37. The van der Waals surface area contributed by atoms with Gasteiger partial charge in [0.15, 0.2) is 0 Å². The summed E-state index contributed by atoms with van der Waals surface area (Å²) in [5, 5.41) is 0. The van der Waals surface area contributed by atoms with Crippen molar-refractivity contribution in [3.63, 3.8) is 0 Å². The summed E-state index contributed by atoms with van der Waals surface area (Å²) in [6.45, 7) is 0.691. The Hall–Kier alpha value is -3.29. The van der Waals surface area contributed by atoms with Crippen molar-refractivity contribution in [3.05, 3.63) is 83.7 Å². The summed E-state index contributed by atoms with van der Waals surface area (Å²) >= 11 is 0. The van der Waals surface area contributed by atoms with E-state index in [0.29, 0.717) is 17.7 Å². The molecular formula is C23H20N2O4S. The molecule has 30 heavy (non-hydrogen) atoms. The number of nitrogens with zero attached hydrogens (tertiary/aromatic N) is 2. The van der Waals surface area contributed by atoms with Gasteiger partial charge in [0.05, 0.1) is 16.2 Å². The summed E-state index contributed by atoms with van der Waals surface area (Å²) in [7, 11) is -0.0914. The van der Waals surface area contributed by atoms with Crippen LogP contribution in [0.1, 0.15) is 21.6 Å². The summed E-state index contributed by atoms with van der Waals surface area (Å²) in [4.78, 5) is 26.7. The molecule has 152 valence electrons. The predicted octanol–water partition coefficient (Wildman–Crippen LogP) is 3.23. The molecule has 0 atom stereocenters. The highest BCUT2D eigenvalue weighted by atomic mass is 32.2. The molecule has 0 unspecified atom stereocenters. The van der Waals surface area contributed by atoms with Crippen molar-refractivity contribution >= 4 is 27.7 Å². The Morgan fingerprint density at radius 3 is 2.20 bits per heavy atom. The van der Waals surface area contributed by atoms with Crippen molar-refractivity contribution in [2.45, 2.75) is 11.4 Å². The highest BCUT2D eigenvalue weighted by molar-refractivity contribution is 7.90. The lowest BCUT2D eigenvalue weighted by molar-refractivity contribution is -0.110. The molecule has 1 aliphatic rings. The van der Waals surface area contributed by atoms with E-state index in [0.717, 1.165) is 15.6 Å². The van der Waals surface area contributed by atoms with Crippen LogP contribution >= 0.6 is 0 Å². The molecule has 0 saturated carbocycles. The minimum absolute atomic E-state index is 0.111. The molecule has 1 heterocycles. The fourth-order valence-corrected chi connectivity index (χ4v) is 4.89. The first kappa shape index (κ1) is 20.0. The number of carbonyl (C=O) groups is 2. The van der Waals surface area contributed by atoms with Gasteiger partial charge >= 0.3 is 0 Å². The summed E-state index contributed by atoms with van der Waals surface area (Å²) in [6, 6.07) is 15.6. The number of fused-ring (bicyclic) bond motifs is 1. The van der Waals surface area contributed by atoms with Gasteiger partial charge in [-0.05, 0) is 49.5 Å². The van der Waals surface area contributed by atoms with Crippen molar-refractivity contribution in [2.75, 3.05) is 14.1 Å². The van der Waals surface area contributed by atoms with Crippen molar-refractivity contribution in [1.29, 1.82) is 0 Å². The number of Topliss-reactive ketones (excluding diaryl/α,β-unsaturated/α-hetero) is 1. The largest absolute Gasteiger partial charge is 0.305 e. The molecule has 4 rings (SSSR count). The van der Waals surface area contributed by atoms with Gasteiger partial charge < -0.3 is 4.90 Å². The zero-order valence-corrected chi connectivity index (χ0v) is 17.4. The first-order chi connectivity index (χ1) is 14.3. The van der Waals surface area contributed by atoms with Crippen LogP contribution in [0.5, 0.6) is 0 Å². The smallest absolute Gasteiger partial charge is 0.268 e. The molecule has 6 nitrogen and oxygen atoms in total. The van der Waals surface area contributed by atoms with Gasteiger partial charge in [-0.2, -0.15) is 0 Å². The number of aromatic nitrogens is 1. The monoisotopic (exact) mass is 420 g/mol. The van der Waals surface area contributed by atoms with E-state index in [-0.39, 0.29) is 16.2 Å².